The van der Waals surface area contributed by atoms with E-state index in [9.17, 15) is 0 Å². The topological polar surface area (TPSA) is 0 Å². The zero-order valence-electron chi connectivity index (χ0n) is 25.1. The van der Waals surface area contributed by atoms with Crippen LogP contribution in [0, 0.1) is 0 Å². The van der Waals surface area contributed by atoms with Gasteiger partial charge in [-0.3, -0.25) is 0 Å². The predicted octanol–water partition coefficient (Wildman–Crippen LogP) is 10.8. The van der Waals surface area contributed by atoms with Crippen LogP contribution in [0.4, 0.5) is 0 Å². The minimum atomic E-state index is -2.13. The van der Waals surface area contributed by atoms with Gasteiger partial charge in [0.15, 0.2) is 0 Å². The quantitative estimate of drug-likeness (QED) is 0.163. The van der Waals surface area contributed by atoms with Crippen molar-refractivity contribution in [1.29, 1.82) is 0 Å². The normalized spacial score (nSPS) is 12.7. The van der Waals surface area contributed by atoms with Crippen LogP contribution < -0.4 is 10.4 Å². The zero-order chi connectivity index (χ0) is 30.5. The van der Waals surface area contributed by atoms with E-state index in [0.29, 0.717) is 0 Å². The number of hydrogen-bond acceptors (Lipinski definition) is 0. The van der Waals surface area contributed by atoms with Crippen molar-refractivity contribution in [2.24, 2.45) is 0 Å². The van der Waals surface area contributed by atoms with Gasteiger partial charge in [-0.15, -0.1) is 0 Å². The van der Waals surface area contributed by atoms with Gasteiger partial charge in [0.2, 0.25) is 0 Å². The molecule has 0 aromatic heterocycles. The van der Waals surface area contributed by atoms with Gasteiger partial charge in [0.25, 0.3) is 0 Å². The molecule has 0 atom stereocenters. The van der Waals surface area contributed by atoms with E-state index in [2.05, 4.69) is 125 Å². The third kappa shape index (κ3) is 3.96. The summed E-state index contributed by atoms with van der Waals surface area (Å²) in [6.07, 6.45) is 11.7. The second-order valence-electron chi connectivity index (χ2n) is 11.5. The summed E-state index contributed by atoms with van der Waals surface area (Å²) < 4.78 is 0. The van der Waals surface area contributed by atoms with Gasteiger partial charge in [-0.1, -0.05) is 162 Å². The Balaban J connectivity index is 1.95. The molecule has 0 saturated heterocycles. The smallest absolute Gasteiger partial charge is 0.0984 e. The molecule has 208 valence electrons. The summed E-state index contributed by atoms with van der Waals surface area (Å²) in [7, 11) is -2.13. The second kappa shape index (κ2) is 10.7. The van der Waals surface area contributed by atoms with Crippen molar-refractivity contribution in [2.75, 3.05) is 0 Å². The molecule has 1 heterocycles. The number of fused-ring (bicyclic) bond motifs is 5. The summed E-state index contributed by atoms with van der Waals surface area (Å²) in [6.45, 7) is 30.4. The molecular weight excluding hydrogens is 533 g/mol. The molecule has 0 aliphatic carbocycles. The first-order valence-corrected chi connectivity index (χ1v) is 17.7. The van der Waals surface area contributed by atoms with Crippen molar-refractivity contribution >= 4 is 65.7 Å². The van der Waals surface area contributed by atoms with Crippen molar-refractivity contribution < 1.29 is 0 Å². The van der Waals surface area contributed by atoms with Crippen molar-refractivity contribution in [3.63, 3.8) is 0 Å². The molecule has 5 aromatic carbocycles. The van der Waals surface area contributed by atoms with Crippen LogP contribution in [0.3, 0.4) is 0 Å². The second-order valence-corrected chi connectivity index (χ2v) is 15.8. The molecule has 0 amide bonds. The summed E-state index contributed by atoms with van der Waals surface area (Å²) in [6, 6.07) is 26.4. The minimum absolute atomic E-state index is 1.05. The summed E-state index contributed by atoms with van der Waals surface area (Å²) >= 11 is 0. The van der Waals surface area contributed by atoms with E-state index < -0.39 is 8.07 Å². The molecule has 1 aliphatic rings. The maximum atomic E-state index is 4.39. The van der Waals surface area contributed by atoms with Crippen LogP contribution in [0.15, 0.2) is 112 Å². The maximum Gasteiger partial charge on any atom is 0.114 e. The Kier molecular flexibility index (Phi) is 7.00. The van der Waals surface area contributed by atoms with Gasteiger partial charge in [-0.2, -0.15) is 0 Å². The van der Waals surface area contributed by atoms with E-state index in [1.807, 2.05) is 36.5 Å². The molecule has 6 rings (SSSR count). The van der Waals surface area contributed by atoms with Crippen LogP contribution >= 0.6 is 0 Å². The van der Waals surface area contributed by atoms with Crippen LogP contribution in [-0.2, 0) is 0 Å². The van der Waals surface area contributed by atoms with E-state index >= 15 is 0 Å². The molecule has 0 unspecified atom stereocenters. The van der Waals surface area contributed by atoms with Gasteiger partial charge < -0.3 is 0 Å². The fourth-order valence-corrected chi connectivity index (χ4v) is 10.7. The first-order valence-electron chi connectivity index (χ1n) is 14.7. The highest BCUT2D eigenvalue weighted by Crippen LogP contribution is 2.47. The summed E-state index contributed by atoms with van der Waals surface area (Å²) in [5, 5.41) is 5.41. The van der Waals surface area contributed by atoms with Crippen molar-refractivity contribution in [2.45, 2.75) is 13.1 Å². The highest BCUT2D eigenvalue weighted by atomic mass is 28.3. The van der Waals surface area contributed by atoms with Gasteiger partial charge in [0, 0.05) is 0 Å². The lowest BCUT2D eigenvalue weighted by Crippen LogP contribution is -2.49. The SMILES string of the molecule is C=Cc1cccc(-c2c(C=C)c(C=C)c(-c3cccc(C=C)c3C=C)c3c4c(ccc23)-c2ccccc2[Si]4(C)C)c1C=C. The third-order valence-electron chi connectivity index (χ3n) is 9.14. The molecule has 0 radical (unpaired) electrons. The molecule has 0 spiro atoms. The lowest BCUT2D eigenvalue weighted by atomic mass is 9.79. The number of rotatable bonds is 8. The Morgan fingerprint density at radius 3 is 1.53 bits per heavy atom. The standard InChI is InChI=1S/C42H36Si/c1-9-27-19-17-22-34(29(27)11-3)39-31(13-5)32(14-6)40(35-23-18-20-28(10-2)30(35)12-4)41-37(39)26-25-36-33-21-15-16-24-38(33)43(7,8)42(36)41/h9-26H,1-6H2,7-8H3. The van der Waals surface area contributed by atoms with Crippen LogP contribution in [0.2, 0.25) is 13.1 Å². The van der Waals surface area contributed by atoms with Gasteiger partial charge in [-0.25, -0.2) is 0 Å². The van der Waals surface area contributed by atoms with Gasteiger partial charge in [0.05, 0.1) is 0 Å². The number of benzene rings is 5. The average Bonchev–Trinajstić information content (AvgIpc) is 3.28. The molecule has 0 bridgehead atoms. The number of hydrogen-bond donors (Lipinski definition) is 0. The molecule has 1 aliphatic heterocycles. The zero-order valence-corrected chi connectivity index (χ0v) is 26.1. The van der Waals surface area contributed by atoms with Crippen LogP contribution in [-0.4, -0.2) is 8.07 Å². The van der Waals surface area contributed by atoms with Gasteiger partial charge in [0.1, 0.15) is 8.07 Å². The predicted molar refractivity (Wildman–Crippen MR) is 198 cm³/mol. The molecule has 43 heavy (non-hydrogen) atoms. The molecule has 0 nitrogen and oxygen atoms in total. The van der Waals surface area contributed by atoms with Crippen LogP contribution in [0.5, 0.6) is 0 Å². The van der Waals surface area contributed by atoms with E-state index in [4.69, 9.17) is 0 Å². The molecular formula is C42H36Si. The Labute approximate surface area is 257 Å². The molecule has 1 heteroatoms. The molecule has 0 N–H and O–H groups in total. The highest BCUT2D eigenvalue weighted by molar-refractivity contribution is 7.05. The first-order chi connectivity index (χ1) is 20.9. The lowest BCUT2D eigenvalue weighted by molar-refractivity contribution is 1.54. The van der Waals surface area contributed by atoms with Gasteiger partial charge in [-0.05, 0) is 87.9 Å². The summed E-state index contributed by atoms with van der Waals surface area (Å²) in [5.74, 6) is 0. The highest BCUT2D eigenvalue weighted by Gasteiger charge is 2.40. The van der Waals surface area contributed by atoms with Crippen LogP contribution in [0.25, 0.3) is 80.6 Å². The minimum Gasteiger partial charge on any atom is -0.0984 e. The fraction of sp³-hybridized carbons (Fsp3) is 0.0476. The Morgan fingerprint density at radius 1 is 0.465 bits per heavy atom. The maximum absolute atomic E-state index is 4.39. The Hall–Kier alpha value is -4.98. The fourth-order valence-electron chi connectivity index (χ4n) is 7.30. The molecule has 5 aromatic rings. The third-order valence-corrected chi connectivity index (χ3v) is 12.7. The van der Waals surface area contributed by atoms with E-state index in [1.54, 1.807) is 0 Å². The molecule has 0 fully saturated rings. The Morgan fingerprint density at radius 2 is 0.977 bits per heavy atom. The first kappa shape index (κ1) is 28.2. The lowest BCUT2D eigenvalue weighted by Gasteiger charge is -2.28. The molecule has 0 saturated carbocycles. The Bertz CT molecular complexity index is 2050. The largest absolute Gasteiger partial charge is 0.114 e. The average molecular weight is 569 g/mol. The van der Waals surface area contributed by atoms with E-state index in [1.165, 1.54) is 37.8 Å². The van der Waals surface area contributed by atoms with Crippen molar-refractivity contribution in [1.82, 2.24) is 0 Å². The van der Waals surface area contributed by atoms with E-state index in [0.717, 1.165) is 50.1 Å². The van der Waals surface area contributed by atoms with E-state index in [-0.39, 0.29) is 0 Å². The van der Waals surface area contributed by atoms with Crippen LogP contribution in [0.1, 0.15) is 33.4 Å². The van der Waals surface area contributed by atoms with Crippen molar-refractivity contribution in [3.8, 4) is 33.4 Å². The summed E-state index contributed by atoms with van der Waals surface area (Å²) in [4.78, 5) is 0. The summed E-state index contributed by atoms with van der Waals surface area (Å²) in [5.41, 5.74) is 13.6. The van der Waals surface area contributed by atoms with Crippen molar-refractivity contribution in [3.05, 3.63) is 146 Å². The monoisotopic (exact) mass is 568 g/mol. The van der Waals surface area contributed by atoms with Gasteiger partial charge >= 0.3 is 0 Å².